The summed E-state index contributed by atoms with van der Waals surface area (Å²) in [5.74, 6) is 0.938. The quantitative estimate of drug-likeness (QED) is 0.796. The zero-order valence-electron chi connectivity index (χ0n) is 8.83. The minimum Gasteiger partial charge on any atom is -0.342 e. The Balaban J connectivity index is 2.42. The van der Waals surface area contributed by atoms with Crippen molar-refractivity contribution in [3.05, 3.63) is 41.9 Å². The molecule has 0 unspecified atom stereocenters. The maximum absolute atomic E-state index is 5.59. The van der Waals surface area contributed by atoms with Crippen LogP contribution in [0.4, 0.5) is 0 Å². The molecule has 0 saturated carbocycles. The van der Waals surface area contributed by atoms with Crippen molar-refractivity contribution in [2.24, 2.45) is 5.73 Å². The van der Waals surface area contributed by atoms with Gasteiger partial charge in [-0.3, -0.25) is 0 Å². The summed E-state index contributed by atoms with van der Waals surface area (Å²) in [6.07, 6.45) is 2.76. The molecular weight excluding hydrogens is 186 g/mol. The van der Waals surface area contributed by atoms with E-state index in [2.05, 4.69) is 22.1 Å². The molecule has 0 atom stereocenters. The fourth-order valence-corrected chi connectivity index (χ4v) is 1.71. The summed E-state index contributed by atoms with van der Waals surface area (Å²) < 4.78 is 0. The third-order valence-electron chi connectivity index (χ3n) is 2.42. The van der Waals surface area contributed by atoms with Gasteiger partial charge in [-0.1, -0.05) is 24.3 Å². The number of nitrogens with two attached hydrogens (primary N) is 1. The zero-order valence-corrected chi connectivity index (χ0v) is 8.83. The van der Waals surface area contributed by atoms with Crippen molar-refractivity contribution in [2.45, 2.75) is 13.3 Å². The van der Waals surface area contributed by atoms with Crippen LogP contribution in [0.25, 0.3) is 11.3 Å². The number of hydrogen-bond acceptors (Lipinski definition) is 2. The van der Waals surface area contributed by atoms with E-state index in [0.717, 1.165) is 17.9 Å². The number of hydrogen-bond donors (Lipinski definition) is 2. The third kappa shape index (κ3) is 2.07. The smallest absolute Gasteiger partial charge is 0.103 e. The van der Waals surface area contributed by atoms with Crippen molar-refractivity contribution in [1.29, 1.82) is 0 Å². The number of aromatic nitrogens is 2. The molecule has 2 aromatic rings. The normalized spacial score (nSPS) is 10.5. The largest absolute Gasteiger partial charge is 0.342 e. The van der Waals surface area contributed by atoms with Crippen molar-refractivity contribution in [3.8, 4) is 11.3 Å². The first-order chi connectivity index (χ1) is 7.31. The molecule has 78 valence electrons. The average molecular weight is 201 g/mol. The predicted molar refractivity (Wildman–Crippen MR) is 61.5 cm³/mol. The Labute approximate surface area is 89.4 Å². The van der Waals surface area contributed by atoms with Crippen LogP contribution in [0.5, 0.6) is 0 Å². The molecule has 0 aliphatic heterocycles. The van der Waals surface area contributed by atoms with Crippen LogP contribution in [-0.4, -0.2) is 16.5 Å². The molecule has 3 N–H and O–H groups in total. The molecule has 1 heterocycles. The lowest BCUT2D eigenvalue weighted by atomic mass is 10.0. The lowest BCUT2D eigenvalue weighted by molar-refractivity contribution is 0.969. The number of H-pyrrole nitrogens is 1. The van der Waals surface area contributed by atoms with E-state index in [4.69, 9.17) is 5.73 Å². The van der Waals surface area contributed by atoms with Crippen LogP contribution in [0.1, 0.15) is 11.4 Å². The van der Waals surface area contributed by atoms with Crippen LogP contribution in [0.15, 0.2) is 30.5 Å². The number of aryl methyl sites for hydroxylation is 1. The second kappa shape index (κ2) is 4.28. The minimum atomic E-state index is 0.671. The lowest BCUT2D eigenvalue weighted by Crippen LogP contribution is -2.03. The fraction of sp³-hybridized carbons (Fsp3) is 0.250. The summed E-state index contributed by atoms with van der Waals surface area (Å²) in [6, 6.07) is 8.28. The molecule has 0 saturated heterocycles. The van der Waals surface area contributed by atoms with Gasteiger partial charge in [0.05, 0.1) is 11.9 Å². The van der Waals surface area contributed by atoms with E-state index in [-0.39, 0.29) is 0 Å². The van der Waals surface area contributed by atoms with Gasteiger partial charge in [0, 0.05) is 5.56 Å². The van der Waals surface area contributed by atoms with Crippen molar-refractivity contribution < 1.29 is 0 Å². The van der Waals surface area contributed by atoms with Crippen molar-refractivity contribution in [3.63, 3.8) is 0 Å². The summed E-state index contributed by atoms with van der Waals surface area (Å²) >= 11 is 0. The van der Waals surface area contributed by atoms with Gasteiger partial charge in [0.1, 0.15) is 5.82 Å². The molecule has 2 rings (SSSR count). The van der Waals surface area contributed by atoms with E-state index >= 15 is 0 Å². The van der Waals surface area contributed by atoms with E-state index < -0.39 is 0 Å². The molecule has 0 fully saturated rings. The summed E-state index contributed by atoms with van der Waals surface area (Å²) in [5, 5.41) is 0. The number of imidazole rings is 1. The number of rotatable bonds is 3. The summed E-state index contributed by atoms with van der Waals surface area (Å²) in [4.78, 5) is 7.45. The number of nitrogens with one attached hydrogen (secondary N) is 1. The maximum Gasteiger partial charge on any atom is 0.103 e. The van der Waals surface area contributed by atoms with Gasteiger partial charge in [-0.05, 0) is 25.5 Å². The Bertz CT molecular complexity index is 446. The van der Waals surface area contributed by atoms with Gasteiger partial charge in [-0.2, -0.15) is 0 Å². The standard InChI is InChI=1S/C12H15N3/c1-9-14-8-12(15-9)11-5-3-2-4-10(11)6-7-13/h2-5,8H,6-7,13H2,1H3,(H,14,15). The van der Waals surface area contributed by atoms with Gasteiger partial charge < -0.3 is 10.7 Å². The summed E-state index contributed by atoms with van der Waals surface area (Å²) in [5.41, 5.74) is 9.12. The highest BCUT2D eigenvalue weighted by Gasteiger charge is 2.05. The average Bonchev–Trinajstić information content (AvgIpc) is 2.66. The summed E-state index contributed by atoms with van der Waals surface area (Å²) in [6.45, 7) is 2.62. The van der Waals surface area contributed by atoms with Crippen LogP contribution in [0, 0.1) is 6.92 Å². The van der Waals surface area contributed by atoms with Gasteiger partial charge >= 0.3 is 0 Å². The Kier molecular flexibility index (Phi) is 2.83. The Hall–Kier alpha value is -1.61. The minimum absolute atomic E-state index is 0.671. The maximum atomic E-state index is 5.59. The molecule has 3 nitrogen and oxygen atoms in total. The van der Waals surface area contributed by atoms with Crippen LogP contribution in [-0.2, 0) is 6.42 Å². The first kappa shape index (κ1) is 9.93. The lowest BCUT2D eigenvalue weighted by Gasteiger charge is -2.05. The first-order valence-electron chi connectivity index (χ1n) is 5.11. The second-order valence-electron chi connectivity index (χ2n) is 3.58. The molecule has 0 spiro atoms. The van der Waals surface area contributed by atoms with Crippen LogP contribution in [0.3, 0.4) is 0 Å². The monoisotopic (exact) mass is 201 g/mol. The van der Waals surface area contributed by atoms with Crippen molar-refractivity contribution >= 4 is 0 Å². The van der Waals surface area contributed by atoms with Gasteiger partial charge in [-0.15, -0.1) is 0 Å². The highest BCUT2D eigenvalue weighted by atomic mass is 14.9. The molecule has 1 aromatic carbocycles. The van der Waals surface area contributed by atoms with E-state index in [9.17, 15) is 0 Å². The predicted octanol–water partition coefficient (Wildman–Crippen LogP) is 1.89. The van der Waals surface area contributed by atoms with E-state index in [1.54, 1.807) is 0 Å². The zero-order chi connectivity index (χ0) is 10.7. The van der Waals surface area contributed by atoms with Gasteiger partial charge in [0.25, 0.3) is 0 Å². The van der Waals surface area contributed by atoms with E-state index in [0.29, 0.717) is 6.54 Å². The fourth-order valence-electron chi connectivity index (χ4n) is 1.71. The molecule has 15 heavy (non-hydrogen) atoms. The molecule has 0 amide bonds. The van der Waals surface area contributed by atoms with E-state index in [1.165, 1.54) is 11.1 Å². The van der Waals surface area contributed by atoms with Gasteiger partial charge in [-0.25, -0.2) is 4.98 Å². The Morgan fingerprint density at radius 1 is 1.33 bits per heavy atom. The third-order valence-corrected chi connectivity index (χ3v) is 2.42. The van der Waals surface area contributed by atoms with Crippen LogP contribution < -0.4 is 5.73 Å². The highest BCUT2D eigenvalue weighted by Crippen LogP contribution is 2.21. The van der Waals surface area contributed by atoms with Crippen LogP contribution >= 0.6 is 0 Å². The first-order valence-corrected chi connectivity index (χ1v) is 5.11. The number of aromatic amines is 1. The second-order valence-corrected chi connectivity index (χ2v) is 3.58. The van der Waals surface area contributed by atoms with Gasteiger partial charge in [0.2, 0.25) is 0 Å². The Morgan fingerprint density at radius 3 is 2.80 bits per heavy atom. The Morgan fingerprint density at radius 2 is 2.13 bits per heavy atom. The topological polar surface area (TPSA) is 54.7 Å². The summed E-state index contributed by atoms with van der Waals surface area (Å²) in [7, 11) is 0. The highest BCUT2D eigenvalue weighted by molar-refractivity contribution is 5.63. The molecule has 0 aliphatic carbocycles. The SMILES string of the molecule is Cc1ncc(-c2ccccc2CCN)[nH]1. The van der Waals surface area contributed by atoms with Crippen molar-refractivity contribution in [1.82, 2.24) is 9.97 Å². The van der Waals surface area contributed by atoms with Crippen LogP contribution in [0.2, 0.25) is 0 Å². The molecule has 0 radical (unpaired) electrons. The molecule has 1 aromatic heterocycles. The molecule has 0 bridgehead atoms. The molecule has 0 aliphatic rings. The van der Waals surface area contributed by atoms with E-state index in [1.807, 2.05) is 25.3 Å². The number of nitrogens with zero attached hydrogens (tertiary/aromatic N) is 1. The number of benzene rings is 1. The van der Waals surface area contributed by atoms with Crippen molar-refractivity contribution in [2.75, 3.05) is 6.54 Å². The van der Waals surface area contributed by atoms with Gasteiger partial charge in [0.15, 0.2) is 0 Å². The molecular formula is C12H15N3. The molecule has 3 heteroatoms.